The van der Waals surface area contributed by atoms with E-state index in [4.69, 9.17) is 18.5 Å². The molecule has 0 fully saturated rings. The number of unbranched alkanes of at least 4 members (excludes halogenated alkanes) is 15. The summed E-state index contributed by atoms with van der Waals surface area (Å²) in [6, 6.07) is 7.54. The molecule has 0 aliphatic heterocycles. The number of aromatic nitrogens is 1. The number of aryl methyl sites for hydroxylation is 1. The zero-order chi connectivity index (χ0) is 31.7. The molecule has 2 aromatic rings. The number of ether oxygens (including phenoxy) is 2. The molecule has 250 valence electrons. The van der Waals surface area contributed by atoms with Crippen LogP contribution in [0.1, 0.15) is 120 Å². The lowest BCUT2D eigenvalue weighted by Crippen LogP contribution is -2.31. The summed E-state index contributed by atoms with van der Waals surface area (Å²) in [6.07, 6.45) is 22.3. The van der Waals surface area contributed by atoms with Gasteiger partial charge in [0.1, 0.15) is 18.5 Å². The molecule has 1 amide bonds. The number of methoxy groups -OCH3 is 1. The van der Waals surface area contributed by atoms with Crippen LogP contribution in [0.15, 0.2) is 36.0 Å². The van der Waals surface area contributed by atoms with Crippen LogP contribution in [0.5, 0.6) is 5.75 Å². The van der Waals surface area contributed by atoms with E-state index in [1.807, 2.05) is 24.3 Å². The maximum atomic E-state index is 12.0. The van der Waals surface area contributed by atoms with Gasteiger partial charge in [0.25, 0.3) is 0 Å². The Morgan fingerprint density at radius 2 is 1.45 bits per heavy atom. The Hall–Kier alpha value is -1.77. The van der Waals surface area contributed by atoms with Gasteiger partial charge in [-0.15, -0.1) is 0 Å². The molecule has 8 nitrogen and oxygen atoms in total. The monoisotopic (exact) mass is 653 g/mol. The second-order valence-corrected chi connectivity index (χ2v) is 13.6. The van der Waals surface area contributed by atoms with Crippen molar-refractivity contribution in [1.29, 1.82) is 0 Å². The third-order valence-electron chi connectivity index (χ3n) is 7.60. The Kier molecular flexibility index (Phi) is 22.2. The highest BCUT2D eigenvalue weighted by Gasteiger charge is 2.17. The number of carbonyl (C=O) groups is 1. The Morgan fingerprint density at radius 1 is 0.886 bits per heavy atom. The van der Waals surface area contributed by atoms with Crippen LogP contribution in [-0.4, -0.2) is 44.0 Å². The molecule has 0 radical (unpaired) electrons. The highest BCUT2D eigenvalue weighted by molar-refractivity contribution is 7.41. The summed E-state index contributed by atoms with van der Waals surface area (Å²) in [5.41, 5.74) is 3.22. The van der Waals surface area contributed by atoms with Crippen molar-refractivity contribution in [3.8, 4) is 5.75 Å². The van der Waals surface area contributed by atoms with Gasteiger partial charge in [-0.1, -0.05) is 115 Å². The number of hydrogen-bond acceptors (Lipinski definition) is 7. The number of benzene rings is 1. The Labute approximate surface area is 271 Å². The van der Waals surface area contributed by atoms with Gasteiger partial charge in [-0.2, -0.15) is 4.57 Å². The van der Waals surface area contributed by atoms with Crippen LogP contribution in [0.25, 0.3) is 0 Å². The first-order valence-electron chi connectivity index (χ1n) is 16.8. The van der Waals surface area contributed by atoms with E-state index in [1.54, 1.807) is 11.3 Å². The quantitative estimate of drug-likeness (QED) is 0.0568. The smallest absolute Gasteiger partial charge is 0.407 e. The summed E-state index contributed by atoms with van der Waals surface area (Å²) in [5, 5.41) is 2.80. The fourth-order valence-electron chi connectivity index (χ4n) is 4.93. The SMILES string of the molecule is CCCCCCCCCCCCCCCCCCNC(=O)OCC(COP(O)Oc1ccc(C[n+]2csc(C)c2)cc1)OC. The van der Waals surface area contributed by atoms with E-state index in [-0.39, 0.29) is 13.2 Å². The molecular weight excluding hydrogens is 595 g/mol. The van der Waals surface area contributed by atoms with Gasteiger partial charge in [-0.3, -0.25) is 4.52 Å². The molecule has 1 aromatic carbocycles. The second kappa shape index (κ2) is 25.4. The minimum Gasteiger partial charge on any atom is -0.447 e. The van der Waals surface area contributed by atoms with Crippen LogP contribution >= 0.6 is 19.9 Å². The lowest BCUT2D eigenvalue weighted by Gasteiger charge is -2.18. The van der Waals surface area contributed by atoms with E-state index in [0.29, 0.717) is 12.3 Å². The van der Waals surface area contributed by atoms with Crippen molar-refractivity contribution in [2.24, 2.45) is 0 Å². The molecule has 0 bridgehead atoms. The minimum atomic E-state index is -2.14. The number of hydrogen-bond donors (Lipinski definition) is 2. The van der Waals surface area contributed by atoms with Gasteiger partial charge in [0, 0.05) is 19.2 Å². The molecule has 2 rings (SSSR count). The molecule has 0 saturated carbocycles. The topological polar surface area (TPSA) is 90.1 Å². The van der Waals surface area contributed by atoms with Crippen LogP contribution in [0.3, 0.4) is 0 Å². The molecule has 44 heavy (non-hydrogen) atoms. The lowest BCUT2D eigenvalue weighted by atomic mass is 10.0. The average Bonchev–Trinajstić information content (AvgIpc) is 3.43. The van der Waals surface area contributed by atoms with Gasteiger partial charge >= 0.3 is 14.7 Å². The molecule has 0 saturated heterocycles. The molecule has 0 spiro atoms. The molecule has 0 aliphatic rings. The predicted octanol–water partition coefficient (Wildman–Crippen LogP) is 9.01. The highest BCUT2D eigenvalue weighted by atomic mass is 32.1. The Morgan fingerprint density at radius 3 is 1.98 bits per heavy atom. The van der Waals surface area contributed by atoms with Crippen molar-refractivity contribution in [2.45, 2.75) is 129 Å². The number of thiazole rings is 1. The fraction of sp³-hybridized carbons (Fsp3) is 0.706. The first-order valence-corrected chi connectivity index (χ1v) is 18.8. The largest absolute Gasteiger partial charge is 0.447 e. The van der Waals surface area contributed by atoms with Gasteiger partial charge in [-0.05, 0) is 37.6 Å². The summed E-state index contributed by atoms with van der Waals surface area (Å²) in [5.74, 6) is 0.521. The zero-order valence-corrected chi connectivity index (χ0v) is 29.2. The molecule has 2 unspecified atom stereocenters. The number of alkyl carbamates (subject to hydrolysis) is 1. The number of amides is 1. The number of nitrogens with one attached hydrogen (secondary N) is 1. The highest BCUT2D eigenvalue weighted by Crippen LogP contribution is 2.35. The van der Waals surface area contributed by atoms with E-state index in [2.05, 4.69) is 35.4 Å². The van der Waals surface area contributed by atoms with Gasteiger partial charge in [0.05, 0.1) is 11.5 Å². The van der Waals surface area contributed by atoms with Crippen molar-refractivity contribution in [1.82, 2.24) is 5.32 Å². The van der Waals surface area contributed by atoms with Crippen LogP contribution < -0.4 is 14.4 Å². The van der Waals surface area contributed by atoms with Crippen molar-refractivity contribution in [3.63, 3.8) is 0 Å². The lowest BCUT2D eigenvalue weighted by molar-refractivity contribution is -0.683. The first kappa shape index (κ1) is 38.4. The molecule has 2 N–H and O–H groups in total. The van der Waals surface area contributed by atoms with Crippen LogP contribution in [0.4, 0.5) is 4.79 Å². The van der Waals surface area contributed by atoms with Gasteiger partial charge in [-0.25, -0.2) is 4.79 Å². The maximum absolute atomic E-state index is 12.0. The van der Waals surface area contributed by atoms with E-state index in [9.17, 15) is 9.69 Å². The van der Waals surface area contributed by atoms with Crippen LogP contribution in [-0.2, 0) is 20.5 Å². The minimum absolute atomic E-state index is 0.0267. The molecular formula is C34H58N2O6PS+. The Bertz CT molecular complexity index is 977. The van der Waals surface area contributed by atoms with Gasteiger partial charge in [0.2, 0.25) is 5.51 Å². The average molecular weight is 654 g/mol. The fourth-order valence-corrected chi connectivity index (χ4v) is 6.21. The summed E-state index contributed by atoms with van der Waals surface area (Å²) >= 11 is 1.71. The number of nitrogens with zero attached hydrogens (tertiary/aromatic N) is 1. The van der Waals surface area contributed by atoms with E-state index in [1.165, 1.54) is 102 Å². The maximum Gasteiger partial charge on any atom is 0.407 e. The van der Waals surface area contributed by atoms with E-state index < -0.39 is 20.8 Å². The predicted molar refractivity (Wildman–Crippen MR) is 180 cm³/mol. The van der Waals surface area contributed by atoms with E-state index >= 15 is 0 Å². The normalized spacial score (nSPS) is 12.6. The number of carbonyl (C=O) groups excluding carboxylic acids is 1. The van der Waals surface area contributed by atoms with Crippen LogP contribution in [0, 0.1) is 6.92 Å². The molecule has 1 heterocycles. The van der Waals surface area contributed by atoms with Crippen molar-refractivity contribution >= 4 is 26.0 Å². The summed E-state index contributed by atoms with van der Waals surface area (Å²) in [7, 11) is -0.630. The third kappa shape index (κ3) is 19.6. The number of rotatable bonds is 27. The molecule has 1 aromatic heterocycles. The van der Waals surface area contributed by atoms with E-state index in [0.717, 1.165) is 24.9 Å². The first-order chi connectivity index (χ1) is 21.5. The summed E-state index contributed by atoms with van der Waals surface area (Å²) < 4.78 is 23.6. The molecule has 2 atom stereocenters. The standard InChI is InChI=1S/C34H57N2O6PS/c1-4-5-6-7-8-9-10-11-12-13-14-15-16-17-18-19-24-35-34(37)40-27-33(39-3)28-41-43(38)42-32-22-20-31(21-23-32)26-36-25-30(2)44-29-36/h20-23,25,29,33,38H,4-19,24,26-28H2,1-3H3/p+1. The molecule has 0 aliphatic carbocycles. The zero-order valence-electron chi connectivity index (χ0n) is 27.5. The van der Waals surface area contributed by atoms with Crippen molar-refractivity contribution in [3.05, 3.63) is 46.4 Å². The second-order valence-electron chi connectivity index (χ2n) is 11.6. The van der Waals surface area contributed by atoms with Gasteiger partial charge < -0.3 is 24.2 Å². The van der Waals surface area contributed by atoms with Crippen LogP contribution in [0.2, 0.25) is 0 Å². The van der Waals surface area contributed by atoms with Crippen molar-refractivity contribution < 1.29 is 32.8 Å². The van der Waals surface area contributed by atoms with Crippen molar-refractivity contribution in [2.75, 3.05) is 26.9 Å². The third-order valence-corrected chi connectivity index (χ3v) is 9.19. The summed E-state index contributed by atoms with van der Waals surface area (Å²) in [6.45, 7) is 5.80. The Balaban J connectivity index is 1.41. The summed E-state index contributed by atoms with van der Waals surface area (Å²) in [4.78, 5) is 23.5. The van der Waals surface area contributed by atoms with Gasteiger partial charge in [0.15, 0.2) is 12.7 Å². The molecule has 10 heteroatoms.